The number of ether oxygens (including phenoxy) is 1. The summed E-state index contributed by atoms with van der Waals surface area (Å²) in [7, 11) is 0. The number of morpholine rings is 1. The highest BCUT2D eigenvalue weighted by Gasteiger charge is 2.19. The van der Waals surface area contributed by atoms with Gasteiger partial charge in [-0.2, -0.15) is 0 Å². The average Bonchev–Trinajstić information content (AvgIpc) is 2.67. The van der Waals surface area contributed by atoms with Crippen LogP contribution in [-0.4, -0.2) is 54.7 Å². The van der Waals surface area contributed by atoms with Crippen LogP contribution in [0.2, 0.25) is 0 Å². The van der Waals surface area contributed by atoms with Crippen LogP contribution in [0.4, 0.5) is 15.9 Å². The van der Waals surface area contributed by atoms with Crippen molar-refractivity contribution in [3.63, 3.8) is 0 Å². The lowest BCUT2D eigenvalue weighted by Crippen LogP contribution is -2.47. The Morgan fingerprint density at radius 1 is 1.31 bits per heavy atom. The molecule has 1 fully saturated rings. The number of aromatic nitrogens is 1. The highest BCUT2D eigenvalue weighted by atomic mass is 19.1. The number of carbonyl (C=O) groups excluding carboxylic acids is 1. The van der Waals surface area contributed by atoms with Crippen LogP contribution in [0.5, 0.6) is 0 Å². The van der Waals surface area contributed by atoms with E-state index in [1.165, 1.54) is 12.1 Å². The van der Waals surface area contributed by atoms with Gasteiger partial charge in [0, 0.05) is 37.6 Å². The Labute approximate surface area is 152 Å². The maximum Gasteiger partial charge on any atom is 0.255 e. The van der Waals surface area contributed by atoms with Crippen LogP contribution in [0.3, 0.4) is 0 Å². The van der Waals surface area contributed by atoms with Gasteiger partial charge in [0.1, 0.15) is 11.6 Å². The Kier molecular flexibility index (Phi) is 6.14. The Hall–Kier alpha value is -2.51. The molecule has 0 spiro atoms. The number of amides is 1. The van der Waals surface area contributed by atoms with Crippen molar-refractivity contribution >= 4 is 17.4 Å². The second-order valence-electron chi connectivity index (χ2n) is 6.24. The van der Waals surface area contributed by atoms with Gasteiger partial charge in [0.25, 0.3) is 5.91 Å². The molecule has 0 saturated carbocycles. The lowest BCUT2D eigenvalue weighted by molar-refractivity contribution is 0.0204. The Morgan fingerprint density at radius 3 is 2.88 bits per heavy atom. The fraction of sp³-hybridized carbons (Fsp3) is 0.368. The Morgan fingerprint density at radius 2 is 2.12 bits per heavy atom. The van der Waals surface area contributed by atoms with Crippen molar-refractivity contribution < 1.29 is 13.9 Å². The summed E-state index contributed by atoms with van der Waals surface area (Å²) in [5.74, 6) is -0.164. The zero-order valence-corrected chi connectivity index (χ0v) is 14.7. The van der Waals surface area contributed by atoms with E-state index in [4.69, 9.17) is 4.74 Å². The van der Waals surface area contributed by atoms with Crippen molar-refractivity contribution in [1.82, 2.24) is 15.2 Å². The SMILES string of the molecule is CC(CNC(=O)c1cccnc1Nc1cccc(F)c1)N1CCOCC1. The van der Waals surface area contributed by atoms with Gasteiger partial charge in [0.05, 0.1) is 18.8 Å². The number of nitrogens with one attached hydrogen (secondary N) is 2. The third-order valence-electron chi connectivity index (χ3n) is 4.37. The number of carbonyl (C=O) groups is 1. The van der Waals surface area contributed by atoms with Crippen LogP contribution >= 0.6 is 0 Å². The minimum Gasteiger partial charge on any atom is -0.379 e. The molecule has 0 bridgehead atoms. The molecule has 1 amide bonds. The summed E-state index contributed by atoms with van der Waals surface area (Å²) in [6.45, 7) is 5.81. The minimum absolute atomic E-state index is 0.211. The highest BCUT2D eigenvalue weighted by Crippen LogP contribution is 2.19. The average molecular weight is 358 g/mol. The molecule has 0 radical (unpaired) electrons. The van der Waals surface area contributed by atoms with Gasteiger partial charge in [0.2, 0.25) is 0 Å². The predicted molar refractivity (Wildman–Crippen MR) is 98.1 cm³/mol. The van der Waals surface area contributed by atoms with E-state index < -0.39 is 0 Å². The third-order valence-corrected chi connectivity index (χ3v) is 4.37. The van der Waals surface area contributed by atoms with Gasteiger partial charge < -0.3 is 15.4 Å². The summed E-state index contributed by atoms with van der Waals surface area (Å²) in [6, 6.07) is 9.67. The van der Waals surface area contributed by atoms with E-state index in [0.717, 1.165) is 26.3 Å². The Balaban J connectivity index is 1.63. The molecule has 1 unspecified atom stereocenters. The number of anilines is 2. The first-order valence-electron chi connectivity index (χ1n) is 8.71. The molecule has 2 N–H and O–H groups in total. The number of benzene rings is 1. The summed E-state index contributed by atoms with van der Waals surface area (Å²) in [6.07, 6.45) is 1.59. The second-order valence-corrected chi connectivity index (χ2v) is 6.24. The number of nitrogens with zero attached hydrogens (tertiary/aromatic N) is 2. The molecule has 1 saturated heterocycles. The van der Waals surface area contributed by atoms with Crippen molar-refractivity contribution in [2.24, 2.45) is 0 Å². The smallest absolute Gasteiger partial charge is 0.255 e. The maximum absolute atomic E-state index is 13.4. The van der Waals surface area contributed by atoms with E-state index in [-0.39, 0.29) is 17.8 Å². The summed E-state index contributed by atoms with van der Waals surface area (Å²) < 4.78 is 18.7. The third kappa shape index (κ3) is 4.77. The minimum atomic E-state index is -0.351. The molecule has 7 heteroatoms. The maximum atomic E-state index is 13.4. The molecule has 6 nitrogen and oxygen atoms in total. The fourth-order valence-corrected chi connectivity index (χ4v) is 2.87. The first-order valence-corrected chi connectivity index (χ1v) is 8.71. The number of hydrogen-bond donors (Lipinski definition) is 2. The molecular weight excluding hydrogens is 335 g/mol. The number of rotatable bonds is 6. The van der Waals surface area contributed by atoms with Crippen LogP contribution < -0.4 is 10.6 Å². The molecule has 1 aromatic heterocycles. The van der Waals surface area contributed by atoms with Gasteiger partial charge in [-0.25, -0.2) is 9.37 Å². The summed E-state index contributed by atoms with van der Waals surface area (Å²) in [4.78, 5) is 19.1. The van der Waals surface area contributed by atoms with E-state index in [1.807, 2.05) is 0 Å². The molecule has 2 heterocycles. The normalized spacial score (nSPS) is 16.1. The molecule has 26 heavy (non-hydrogen) atoms. The topological polar surface area (TPSA) is 66.5 Å². The first kappa shape index (κ1) is 18.3. The molecule has 1 aliphatic rings. The second kappa shape index (κ2) is 8.73. The predicted octanol–water partition coefficient (Wildman–Crippen LogP) is 2.41. The van der Waals surface area contributed by atoms with Crippen LogP contribution in [0.1, 0.15) is 17.3 Å². The van der Waals surface area contributed by atoms with Gasteiger partial charge in [-0.3, -0.25) is 9.69 Å². The molecule has 2 aromatic rings. The van der Waals surface area contributed by atoms with Crippen molar-refractivity contribution in [2.45, 2.75) is 13.0 Å². The molecule has 1 aromatic carbocycles. The Bertz CT molecular complexity index is 750. The van der Waals surface area contributed by atoms with Crippen molar-refractivity contribution in [3.05, 3.63) is 54.0 Å². The molecule has 1 atom stereocenters. The largest absolute Gasteiger partial charge is 0.379 e. The molecule has 0 aliphatic carbocycles. The lowest BCUT2D eigenvalue weighted by atomic mass is 10.2. The van der Waals surface area contributed by atoms with E-state index >= 15 is 0 Å². The fourth-order valence-electron chi connectivity index (χ4n) is 2.87. The van der Waals surface area contributed by atoms with Crippen molar-refractivity contribution in [2.75, 3.05) is 38.2 Å². The lowest BCUT2D eigenvalue weighted by Gasteiger charge is -2.32. The summed E-state index contributed by atoms with van der Waals surface area (Å²) >= 11 is 0. The van der Waals surface area contributed by atoms with Crippen molar-refractivity contribution in [3.8, 4) is 0 Å². The summed E-state index contributed by atoms with van der Waals surface area (Å²) in [5, 5.41) is 5.96. The van der Waals surface area contributed by atoms with Gasteiger partial charge in [-0.1, -0.05) is 6.07 Å². The monoisotopic (exact) mass is 358 g/mol. The highest BCUT2D eigenvalue weighted by molar-refractivity contribution is 5.99. The quantitative estimate of drug-likeness (QED) is 0.830. The molecule has 138 valence electrons. The zero-order valence-electron chi connectivity index (χ0n) is 14.7. The molecule has 1 aliphatic heterocycles. The van der Waals surface area contributed by atoms with Crippen LogP contribution in [0.15, 0.2) is 42.6 Å². The summed E-state index contributed by atoms with van der Waals surface area (Å²) in [5.41, 5.74) is 0.963. The first-order chi connectivity index (χ1) is 12.6. The van der Waals surface area contributed by atoms with Gasteiger partial charge in [0.15, 0.2) is 0 Å². The van der Waals surface area contributed by atoms with Crippen molar-refractivity contribution in [1.29, 1.82) is 0 Å². The zero-order chi connectivity index (χ0) is 18.4. The number of halogens is 1. The van der Waals surface area contributed by atoms with Gasteiger partial charge in [-0.15, -0.1) is 0 Å². The van der Waals surface area contributed by atoms with Gasteiger partial charge in [-0.05, 0) is 37.3 Å². The van der Waals surface area contributed by atoms with Crippen LogP contribution in [0.25, 0.3) is 0 Å². The van der Waals surface area contributed by atoms with E-state index in [9.17, 15) is 9.18 Å². The molecular formula is C19H23FN4O2. The van der Waals surface area contributed by atoms with Gasteiger partial charge >= 0.3 is 0 Å². The van der Waals surface area contributed by atoms with E-state index in [0.29, 0.717) is 23.6 Å². The standard InChI is InChI=1S/C19H23FN4O2/c1-14(24-8-10-26-11-9-24)13-22-19(25)17-6-3-7-21-18(17)23-16-5-2-4-15(20)12-16/h2-7,12,14H,8-11,13H2,1H3,(H,21,23)(H,22,25). The van der Waals surface area contributed by atoms with E-state index in [1.54, 1.807) is 30.5 Å². The van der Waals surface area contributed by atoms with Crippen LogP contribution in [-0.2, 0) is 4.74 Å². The van der Waals surface area contributed by atoms with Crippen LogP contribution in [0, 0.1) is 5.82 Å². The number of hydrogen-bond acceptors (Lipinski definition) is 5. The molecule has 3 rings (SSSR count). The van der Waals surface area contributed by atoms with E-state index in [2.05, 4.69) is 27.4 Å². The number of pyridine rings is 1.